The van der Waals surface area contributed by atoms with Crippen LogP contribution in [0.2, 0.25) is 0 Å². The van der Waals surface area contributed by atoms with E-state index < -0.39 is 31.2 Å². The summed E-state index contributed by atoms with van der Waals surface area (Å²) in [6, 6.07) is 3.90. The van der Waals surface area contributed by atoms with Crippen LogP contribution in [-0.4, -0.2) is 31.2 Å². The Morgan fingerprint density at radius 3 is 2.43 bits per heavy atom. The molecule has 21 heavy (non-hydrogen) atoms. The van der Waals surface area contributed by atoms with E-state index in [0.29, 0.717) is 10.5 Å². The van der Waals surface area contributed by atoms with Crippen molar-refractivity contribution in [1.82, 2.24) is 5.32 Å². The molecular weight excluding hydrogens is 412 g/mol. The van der Waals surface area contributed by atoms with E-state index in [1.54, 1.807) is 0 Å². The first kappa shape index (κ1) is 17.9. The Labute approximate surface area is 131 Å². The molecule has 1 N–H and O–H groups in total. The van der Waals surface area contributed by atoms with Crippen molar-refractivity contribution in [2.24, 2.45) is 0 Å². The quantitative estimate of drug-likeness (QED) is 0.581. The number of halogens is 6. The molecule has 0 aromatic heterocycles. The molecule has 0 heterocycles. The van der Waals surface area contributed by atoms with Crippen LogP contribution in [0.15, 0.2) is 18.2 Å². The van der Waals surface area contributed by atoms with Gasteiger partial charge in [-0.1, -0.05) is 0 Å². The monoisotopic (exact) mass is 423 g/mol. The lowest BCUT2D eigenvalue weighted by Gasteiger charge is -2.15. The molecule has 0 unspecified atom stereocenters. The minimum Gasteiger partial charge on any atom is -0.483 e. The summed E-state index contributed by atoms with van der Waals surface area (Å²) in [4.78, 5) is 11.7. The summed E-state index contributed by atoms with van der Waals surface area (Å²) in [7, 11) is 0. The number of ether oxygens (including phenoxy) is 1. The van der Waals surface area contributed by atoms with Crippen LogP contribution in [0, 0.1) is 3.57 Å². The van der Waals surface area contributed by atoms with E-state index in [-0.39, 0.29) is 11.3 Å². The molecule has 0 saturated carbocycles. The maximum absolute atomic E-state index is 12.7. The van der Waals surface area contributed by atoms with Gasteiger partial charge in [-0.25, -0.2) is 8.78 Å². The molecule has 0 aliphatic carbocycles. The lowest BCUT2D eigenvalue weighted by molar-refractivity contribution is -0.153. The van der Waals surface area contributed by atoms with E-state index in [0.717, 1.165) is 0 Å². The number of hydrogen-bond donors (Lipinski definition) is 1. The molecule has 9 heteroatoms. The molecule has 1 amide bonds. The van der Waals surface area contributed by atoms with Crippen LogP contribution in [0.5, 0.6) is 5.75 Å². The Balaban J connectivity index is 2.88. The molecule has 3 nitrogen and oxygen atoms in total. The average Bonchev–Trinajstić information content (AvgIpc) is 2.32. The first-order valence-electron chi connectivity index (χ1n) is 5.63. The number of hydrogen-bond acceptors (Lipinski definition) is 2. The Hall–Kier alpha value is -1.13. The van der Waals surface area contributed by atoms with E-state index in [2.05, 4.69) is 4.74 Å². The Bertz CT molecular complexity index is 513. The fourth-order valence-corrected chi connectivity index (χ4v) is 1.76. The summed E-state index contributed by atoms with van der Waals surface area (Å²) < 4.78 is 66.9. The summed E-state index contributed by atoms with van der Waals surface area (Å²) in [6.07, 6.45) is -4.56. The zero-order valence-corrected chi connectivity index (χ0v) is 12.9. The van der Waals surface area contributed by atoms with Crippen LogP contribution in [-0.2, 0) is 0 Å². The third-order valence-corrected chi connectivity index (χ3v) is 2.81. The topological polar surface area (TPSA) is 38.3 Å². The van der Waals surface area contributed by atoms with E-state index in [9.17, 15) is 26.7 Å². The molecule has 0 aliphatic rings. The summed E-state index contributed by atoms with van der Waals surface area (Å²) in [5.74, 6) is -4.35. The van der Waals surface area contributed by atoms with Crippen molar-refractivity contribution in [3.63, 3.8) is 0 Å². The van der Waals surface area contributed by atoms with E-state index >= 15 is 0 Å². The number of alkyl halides is 5. The Morgan fingerprint density at radius 2 is 1.90 bits per heavy atom. The van der Waals surface area contributed by atoms with Gasteiger partial charge in [0.1, 0.15) is 5.75 Å². The standard InChI is InChI=1S/C12H11F5INO2/c1-11(13,14)5-19-10(20)8-3-2-7(18)4-9(8)21-6-12(15,16)17/h2-4H,5-6H2,1H3,(H,19,20). The molecule has 0 atom stereocenters. The predicted octanol–water partition coefficient (Wildman–Crippen LogP) is 3.62. The van der Waals surface area contributed by atoms with Crippen LogP contribution in [0.25, 0.3) is 0 Å². The van der Waals surface area contributed by atoms with Crippen LogP contribution in [0.4, 0.5) is 22.0 Å². The van der Waals surface area contributed by atoms with Gasteiger partial charge in [0.25, 0.3) is 11.8 Å². The molecule has 1 rings (SSSR count). The van der Waals surface area contributed by atoms with Gasteiger partial charge in [0.05, 0.1) is 12.1 Å². The molecule has 0 spiro atoms. The van der Waals surface area contributed by atoms with E-state index in [4.69, 9.17) is 0 Å². The molecule has 1 aromatic carbocycles. The number of nitrogens with one attached hydrogen (secondary N) is 1. The van der Waals surface area contributed by atoms with Crippen LogP contribution in [0.1, 0.15) is 17.3 Å². The fraction of sp³-hybridized carbons (Fsp3) is 0.417. The highest BCUT2D eigenvalue weighted by Gasteiger charge is 2.29. The third kappa shape index (κ3) is 6.91. The minimum absolute atomic E-state index is 0.232. The second-order valence-electron chi connectivity index (χ2n) is 4.30. The van der Waals surface area contributed by atoms with Gasteiger partial charge in [0, 0.05) is 10.5 Å². The van der Waals surface area contributed by atoms with Gasteiger partial charge < -0.3 is 10.1 Å². The van der Waals surface area contributed by atoms with Crippen LogP contribution in [0.3, 0.4) is 0 Å². The van der Waals surface area contributed by atoms with Gasteiger partial charge in [0.2, 0.25) is 0 Å². The lowest BCUT2D eigenvalue weighted by atomic mass is 10.2. The minimum atomic E-state index is -4.56. The normalized spacial score (nSPS) is 12.1. The van der Waals surface area contributed by atoms with Crippen molar-refractivity contribution in [2.45, 2.75) is 19.0 Å². The molecule has 0 radical (unpaired) electrons. The van der Waals surface area contributed by atoms with Crippen LogP contribution < -0.4 is 10.1 Å². The highest BCUT2D eigenvalue weighted by Crippen LogP contribution is 2.25. The van der Waals surface area contributed by atoms with Gasteiger partial charge in [0.15, 0.2) is 6.61 Å². The van der Waals surface area contributed by atoms with Gasteiger partial charge in [-0.2, -0.15) is 13.2 Å². The fourth-order valence-electron chi connectivity index (χ4n) is 1.29. The highest BCUT2D eigenvalue weighted by atomic mass is 127. The number of carbonyl (C=O) groups is 1. The average molecular weight is 423 g/mol. The van der Waals surface area contributed by atoms with E-state index in [1.165, 1.54) is 18.2 Å². The predicted molar refractivity (Wildman–Crippen MR) is 73.7 cm³/mol. The summed E-state index contributed by atoms with van der Waals surface area (Å²) in [6.45, 7) is -1.88. The zero-order chi connectivity index (χ0) is 16.3. The van der Waals surface area contributed by atoms with Gasteiger partial charge in [-0.15, -0.1) is 0 Å². The molecule has 0 aliphatic heterocycles. The third-order valence-electron chi connectivity index (χ3n) is 2.14. The van der Waals surface area contributed by atoms with Gasteiger partial charge in [-0.3, -0.25) is 4.79 Å². The maximum atomic E-state index is 12.7. The molecule has 0 bridgehead atoms. The smallest absolute Gasteiger partial charge is 0.422 e. The number of benzene rings is 1. The number of carbonyl (C=O) groups excluding carboxylic acids is 1. The Morgan fingerprint density at radius 1 is 1.29 bits per heavy atom. The lowest BCUT2D eigenvalue weighted by Crippen LogP contribution is -2.34. The van der Waals surface area contributed by atoms with Gasteiger partial charge >= 0.3 is 6.18 Å². The SMILES string of the molecule is CC(F)(F)CNC(=O)c1ccc(I)cc1OCC(F)(F)F. The molecule has 0 fully saturated rings. The van der Waals surface area contributed by atoms with Crippen molar-refractivity contribution < 1.29 is 31.5 Å². The highest BCUT2D eigenvalue weighted by molar-refractivity contribution is 14.1. The van der Waals surface area contributed by atoms with E-state index in [1.807, 2.05) is 27.9 Å². The Kier molecular flexibility index (Phi) is 5.76. The van der Waals surface area contributed by atoms with Crippen molar-refractivity contribution in [1.29, 1.82) is 0 Å². The molecule has 0 saturated heterocycles. The molecule has 118 valence electrons. The number of amides is 1. The summed E-state index contributed by atoms with van der Waals surface area (Å²) in [5, 5.41) is 1.94. The summed E-state index contributed by atoms with van der Waals surface area (Å²) in [5.41, 5.74) is -0.232. The zero-order valence-electron chi connectivity index (χ0n) is 10.7. The first-order chi connectivity index (χ1) is 9.48. The second kappa shape index (κ2) is 6.75. The second-order valence-corrected chi connectivity index (χ2v) is 5.54. The van der Waals surface area contributed by atoms with Crippen molar-refractivity contribution >= 4 is 28.5 Å². The molecule has 1 aromatic rings. The van der Waals surface area contributed by atoms with Crippen LogP contribution >= 0.6 is 22.6 Å². The van der Waals surface area contributed by atoms with Crippen molar-refractivity contribution in [3.05, 3.63) is 27.3 Å². The number of rotatable bonds is 5. The first-order valence-corrected chi connectivity index (χ1v) is 6.71. The maximum Gasteiger partial charge on any atom is 0.422 e. The summed E-state index contributed by atoms with van der Waals surface area (Å²) >= 11 is 1.83. The van der Waals surface area contributed by atoms with Gasteiger partial charge in [-0.05, 0) is 40.8 Å². The largest absolute Gasteiger partial charge is 0.483 e. The van der Waals surface area contributed by atoms with Crippen molar-refractivity contribution in [3.8, 4) is 5.75 Å². The molecular formula is C12H11F5INO2. The van der Waals surface area contributed by atoms with Crippen molar-refractivity contribution in [2.75, 3.05) is 13.2 Å².